The van der Waals surface area contributed by atoms with E-state index in [-0.39, 0.29) is 0 Å². The van der Waals surface area contributed by atoms with Crippen LogP contribution in [0.5, 0.6) is 0 Å². The number of hydrogen-bond acceptors (Lipinski definition) is 2. The molecule has 0 saturated carbocycles. The third kappa shape index (κ3) is 2.55. The molecule has 0 saturated heterocycles. The Morgan fingerprint density at radius 2 is 1.94 bits per heavy atom. The summed E-state index contributed by atoms with van der Waals surface area (Å²) in [5, 5.41) is 3.33. The molecule has 2 rings (SSSR count). The van der Waals surface area contributed by atoms with Gasteiger partial charge in [0.25, 0.3) is 0 Å². The van der Waals surface area contributed by atoms with E-state index in [1.807, 2.05) is 30.3 Å². The molecule has 0 aromatic heterocycles. The van der Waals surface area contributed by atoms with Gasteiger partial charge in [0, 0.05) is 15.8 Å². The van der Waals surface area contributed by atoms with Gasteiger partial charge in [-0.2, -0.15) is 0 Å². The molecule has 82 valence electrons. The summed E-state index contributed by atoms with van der Waals surface area (Å²) in [6.45, 7) is 2.07. The predicted octanol–water partition coefficient (Wildman–Crippen LogP) is 4.08. The van der Waals surface area contributed by atoms with E-state index in [0.717, 1.165) is 21.5 Å². The minimum absolute atomic E-state index is 0.758. The van der Waals surface area contributed by atoms with Crippen molar-refractivity contribution in [2.45, 2.75) is 6.92 Å². The van der Waals surface area contributed by atoms with Gasteiger partial charge in [-0.1, -0.05) is 12.1 Å². The van der Waals surface area contributed by atoms with Crippen LogP contribution in [0.3, 0.4) is 0 Å². The van der Waals surface area contributed by atoms with Gasteiger partial charge >= 0.3 is 0 Å². The van der Waals surface area contributed by atoms with Gasteiger partial charge in [-0.25, -0.2) is 0 Å². The summed E-state index contributed by atoms with van der Waals surface area (Å²) in [5.74, 6) is 0. The zero-order chi connectivity index (χ0) is 11.5. The maximum Gasteiger partial charge on any atom is 0.0531 e. The molecule has 2 aromatic rings. The Hall–Kier alpha value is -1.48. The molecule has 0 heterocycles. The topological polar surface area (TPSA) is 38.0 Å². The first-order valence-corrected chi connectivity index (χ1v) is 5.83. The molecule has 0 unspecified atom stereocenters. The Morgan fingerprint density at radius 3 is 2.69 bits per heavy atom. The number of rotatable bonds is 2. The fourth-order valence-corrected chi connectivity index (χ4v) is 1.85. The minimum Gasteiger partial charge on any atom is -0.399 e. The van der Waals surface area contributed by atoms with Gasteiger partial charge in [0.15, 0.2) is 0 Å². The lowest BCUT2D eigenvalue weighted by atomic mass is 10.2. The number of nitrogen functional groups attached to an aromatic ring is 1. The molecule has 3 N–H and O–H groups in total. The Balaban J connectivity index is 2.30. The number of nitrogens with one attached hydrogen (secondary N) is 1. The van der Waals surface area contributed by atoms with E-state index in [1.54, 1.807) is 0 Å². The zero-order valence-corrected chi connectivity index (χ0v) is 10.6. The van der Waals surface area contributed by atoms with E-state index in [0.29, 0.717) is 0 Å². The van der Waals surface area contributed by atoms with Gasteiger partial charge in [-0.15, -0.1) is 0 Å². The van der Waals surface area contributed by atoms with Gasteiger partial charge in [0.2, 0.25) is 0 Å². The molecule has 2 nitrogen and oxygen atoms in total. The molecule has 0 atom stereocenters. The van der Waals surface area contributed by atoms with Crippen LogP contribution in [0, 0.1) is 6.92 Å². The summed E-state index contributed by atoms with van der Waals surface area (Å²) in [5.41, 5.74) is 9.74. The van der Waals surface area contributed by atoms with Gasteiger partial charge in [-0.3, -0.25) is 0 Å². The lowest BCUT2D eigenvalue weighted by Gasteiger charge is -2.09. The normalized spacial score (nSPS) is 10.1. The van der Waals surface area contributed by atoms with Crippen molar-refractivity contribution in [2.75, 3.05) is 11.1 Å². The number of aryl methyl sites for hydroxylation is 1. The third-order valence-electron chi connectivity index (χ3n) is 2.29. The van der Waals surface area contributed by atoms with E-state index >= 15 is 0 Å². The molecule has 3 heteroatoms. The molecule has 0 radical (unpaired) electrons. The minimum atomic E-state index is 0.758. The van der Waals surface area contributed by atoms with Gasteiger partial charge in [0.1, 0.15) is 0 Å². The van der Waals surface area contributed by atoms with E-state index in [2.05, 4.69) is 40.3 Å². The van der Waals surface area contributed by atoms with Crippen LogP contribution < -0.4 is 11.1 Å². The zero-order valence-electron chi connectivity index (χ0n) is 9.00. The van der Waals surface area contributed by atoms with Gasteiger partial charge < -0.3 is 11.1 Å². The standard InChI is InChI=1S/C13H13BrN2/c1-9-5-6-12(14)13(7-9)16-11-4-2-3-10(15)8-11/h2-8,16H,15H2,1H3. The molecule has 2 aromatic carbocycles. The Kier molecular flexibility index (Phi) is 3.15. The molecule has 0 bridgehead atoms. The van der Waals surface area contributed by atoms with Crippen molar-refractivity contribution in [3.05, 3.63) is 52.5 Å². The lowest BCUT2D eigenvalue weighted by molar-refractivity contribution is 1.43. The van der Waals surface area contributed by atoms with E-state index in [9.17, 15) is 0 Å². The predicted molar refractivity (Wildman–Crippen MR) is 73.0 cm³/mol. The molecule has 0 aliphatic heterocycles. The van der Waals surface area contributed by atoms with Crippen molar-refractivity contribution >= 4 is 33.0 Å². The molecular weight excluding hydrogens is 264 g/mol. The summed E-state index contributed by atoms with van der Waals surface area (Å²) in [6, 6.07) is 13.9. The number of hydrogen-bond donors (Lipinski definition) is 2. The number of halogens is 1. The summed E-state index contributed by atoms with van der Waals surface area (Å²) in [7, 11) is 0. The second-order valence-electron chi connectivity index (χ2n) is 3.73. The smallest absolute Gasteiger partial charge is 0.0531 e. The Bertz CT molecular complexity index is 509. The van der Waals surface area contributed by atoms with Crippen molar-refractivity contribution in [1.29, 1.82) is 0 Å². The first kappa shape index (κ1) is 11.0. The Morgan fingerprint density at radius 1 is 1.12 bits per heavy atom. The molecular formula is C13H13BrN2. The summed E-state index contributed by atoms with van der Waals surface area (Å²) >= 11 is 3.51. The molecule has 0 fully saturated rings. The third-order valence-corrected chi connectivity index (χ3v) is 2.98. The van der Waals surface area contributed by atoms with Crippen molar-refractivity contribution in [1.82, 2.24) is 0 Å². The van der Waals surface area contributed by atoms with Crippen LogP contribution in [0.4, 0.5) is 17.1 Å². The van der Waals surface area contributed by atoms with E-state index in [4.69, 9.17) is 5.73 Å². The van der Waals surface area contributed by atoms with Crippen molar-refractivity contribution in [3.8, 4) is 0 Å². The highest BCUT2D eigenvalue weighted by molar-refractivity contribution is 9.10. The largest absolute Gasteiger partial charge is 0.399 e. The highest BCUT2D eigenvalue weighted by Crippen LogP contribution is 2.27. The van der Waals surface area contributed by atoms with Crippen LogP contribution in [-0.2, 0) is 0 Å². The first-order valence-electron chi connectivity index (χ1n) is 5.04. The lowest BCUT2D eigenvalue weighted by Crippen LogP contribution is -1.93. The number of nitrogens with two attached hydrogens (primary N) is 1. The van der Waals surface area contributed by atoms with Crippen LogP contribution in [0.25, 0.3) is 0 Å². The fourth-order valence-electron chi connectivity index (χ4n) is 1.51. The first-order chi connectivity index (χ1) is 7.65. The number of benzene rings is 2. The highest BCUT2D eigenvalue weighted by Gasteiger charge is 2.00. The number of anilines is 3. The van der Waals surface area contributed by atoms with Crippen molar-refractivity contribution < 1.29 is 0 Å². The van der Waals surface area contributed by atoms with E-state index < -0.39 is 0 Å². The fraction of sp³-hybridized carbons (Fsp3) is 0.0769. The SMILES string of the molecule is Cc1ccc(Br)c(Nc2cccc(N)c2)c1. The maximum atomic E-state index is 5.73. The van der Waals surface area contributed by atoms with Crippen molar-refractivity contribution in [2.24, 2.45) is 0 Å². The second kappa shape index (κ2) is 4.58. The molecule has 0 aliphatic rings. The molecule has 0 aliphatic carbocycles. The van der Waals surface area contributed by atoms with Crippen LogP contribution in [0.1, 0.15) is 5.56 Å². The summed E-state index contributed by atoms with van der Waals surface area (Å²) in [4.78, 5) is 0. The molecule has 0 spiro atoms. The van der Waals surface area contributed by atoms with Gasteiger partial charge in [0.05, 0.1) is 5.69 Å². The van der Waals surface area contributed by atoms with Crippen LogP contribution in [0.15, 0.2) is 46.9 Å². The van der Waals surface area contributed by atoms with Crippen LogP contribution >= 0.6 is 15.9 Å². The van der Waals surface area contributed by atoms with Gasteiger partial charge in [-0.05, 0) is 58.7 Å². The maximum absolute atomic E-state index is 5.73. The average molecular weight is 277 g/mol. The van der Waals surface area contributed by atoms with E-state index in [1.165, 1.54) is 5.56 Å². The van der Waals surface area contributed by atoms with Crippen LogP contribution in [-0.4, -0.2) is 0 Å². The molecule has 0 amide bonds. The van der Waals surface area contributed by atoms with Crippen LogP contribution in [0.2, 0.25) is 0 Å². The second-order valence-corrected chi connectivity index (χ2v) is 4.59. The average Bonchev–Trinajstić information content (AvgIpc) is 2.24. The molecule has 16 heavy (non-hydrogen) atoms. The summed E-state index contributed by atoms with van der Waals surface area (Å²) in [6.07, 6.45) is 0. The highest BCUT2D eigenvalue weighted by atomic mass is 79.9. The monoisotopic (exact) mass is 276 g/mol. The van der Waals surface area contributed by atoms with Crippen molar-refractivity contribution in [3.63, 3.8) is 0 Å². The summed E-state index contributed by atoms with van der Waals surface area (Å²) < 4.78 is 1.04. The Labute approximate surface area is 104 Å². The quantitative estimate of drug-likeness (QED) is 0.811.